The highest BCUT2D eigenvalue weighted by molar-refractivity contribution is 8.26. The van der Waals surface area contributed by atoms with Crippen molar-refractivity contribution in [1.29, 1.82) is 0 Å². The van der Waals surface area contributed by atoms with Crippen LogP contribution in [0.15, 0.2) is 35.2 Å². The van der Waals surface area contributed by atoms with E-state index in [4.69, 9.17) is 12.2 Å². The van der Waals surface area contributed by atoms with Crippen molar-refractivity contribution in [3.8, 4) is 0 Å². The number of amides is 2. The van der Waals surface area contributed by atoms with E-state index in [0.29, 0.717) is 4.91 Å². The normalized spacial score (nSPS) is 16.9. The van der Waals surface area contributed by atoms with Crippen LogP contribution in [-0.2, 0) is 9.53 Å². The van der Waals surface area contributed by atoms with Gasteiger partial charge in [0.15, 0.2) is 4.32 Å². The fourth-order valence-corrected chi connectivity index (χ4v) is 2.58. The molecule has 1 heterocycles. The van der Waals surface area contributed by atoms with Gasteiger partial charge < -0.3 is 4.74 Å². The quantitative estimate of drug-likeness (QED) is 0.669. The average Bonchev–Trinajstić information content (AvgIpc) is 2.67. The second-order valence-electron chi connectivity index (χ2n) is 3.53. The maximum Gasteiger partial charge on any atom is 0.426 e. The molecule has 1 aromatic rings. The van der Waals surface area contributed by atoms with Crippen LogP contribution in [0.3, 0.4) is 0 Å². The van der Waals surface area contributed by atoms with Gasteiger partial charge >= 0.3 is 6.09 Å². The smallest absolute Gasteiger partial charge is 0.426 e. The number of carbonyl (C=O) groups excluding carboxylic acids is 2. The fourth-order valence-electron chi connectivity index (χ4n) is 1.40. The molecule has 1 aliphatic heterocycles. The number of benzene rings is 1. The molecule has 0 unspecified atom stereocenters. The van der Waals surface area contributed by atoms with Gasteiger partial charge in [-0.1, -0.05) is 42.1 Å². The topological polar surface area (TPSA) is 58.6 Å². The van der Waals surface area contributed by atoms with Crippen molar-refractivity contribution in [1.82, 2.24) is 10.4 Å². The van der Waals surface area contributed by atoms with Gasteiger partial charge in [0.2, 0.25) is 0 Å². The van der Waals surface area contributed by atoms with Crippen LogP contribution in [0.2, 0.25) is 0 Å². The van der Waals surface area contributed by atoms with Crippen molar-refractivity contribution >= 4 is 46.4 Å². The molecular weight excluding hydrogens is 284 g/mol. The molecule has 1 saturated heterocycles. The number of hydrogen-bond acceptors (Lipinski definition) is 5. The second-order valence-corrected chi connectivity index (χ2v) is 5.21. The minimum Gasteiger partial charge on any atom is -0.452 e. The van der Waals surface area contributed by atoms with Crippen molar-refractivity contribution < 1.29 is 14.3 Å². The highest BCUT2D eigenvalue weighted by Gasteiger charge is 2.33. The Morgan fingerprint density at radius 1 is 1.42 bits per heavy atom. The maximum atomic E-state index is 12.1. The minimum atomic E-state index is -0.739. The molecule has 19 heavy (non-hydrogen) atoms. The van der Waals surface area contributed by atoms with E-state index < -0.39 is 6.09 Å². The molecule has 0 bridgehead atoms. The van der Waals surface area contributed by atoms with E-state index in [2.05, 4.69) is 10.2 Å². The first-order valence-electron chi connectivity index (χ1n) is 5.29. The average molecular weight is 294 g/mol. The summed E-state index contributed by atoms with van der Waals surface area (Å²) >= 11 is 6.16. The summed E-state index contributed by atoms with van der Waals surface area (Å²) in [5.41, 5.74) is 3.15. The molecule has 1 aliphatic rings. The van der Waals surface area contributed by atoms with Gasteiger partial charge in [-0.2, -0.15) is 5.01 Å². The number of hydrogen-bond donors (Lipinski definition) is 1. The first kappa shape index (κ1) is 13.6. The van der Waals surface area contributed by atoms with Gasteiger partial charge in [-0.3, -0.25) is 4.79 Å². The Labute approximate surface area is 119 Å². The summed E-state index contributed by atoms with van der Waals surface area (Å²) in [4.78, 5) is 23.6. The highest BCUT2D eigenvalue weighted by Crippen LogP contribution is 2.31. The third-order valence-corrected chi connectivity index (χ3v) is 3.58. The van der Waals surface area contributed by atoms with Crippen LogP contribution in [0.1, 0.15) is 5.56 Å². The number of ether oxygens (including phenoxy) is 1. The number of hydrazine groups is 1. The summed E-state index contributed by atoms with van der Waals surface area (Å²) in [6.07, 6.45) is 0.982. The van der Waals surface area contributed by atoms with Gasteiger partial charge in [-0.05, 0) is 23.9 Å². The number of methoxy groups -OCH3 is 1. The van der Waals surface area contributed by atoms with Gasteiger partial charge in [0.25, 0.3) is 5.91 Å². The first-order valence-corrected chi connectivity index (χ1v) is 6.52. The number of nitrogens with one attached hydrogen (secondary N) is 1. The van der Waals surface area contributed by atoms with Crippen molar-refractivity contribution in [3.05, 3.63) is 40.8 Å². The minimum absolute atomic E-state index is 0.262. The Morgan fingerprint density at radius 3 is 2.74 bits per heavy atom. The van der Waals surface area contributed by atoms with E-state index in [-0.39, 0.29) is 10.2 Å². The molecule has 98 valence electrons. The van der Waals surface area contributed by atoms with Crippen LogP contribution in [0, 0.1) is 0 Å². The number of nitrogens with zero attached hydrogens (tertiary/aromatic N) is 1. The monoisotopic (exact) mass is 294 g/mol. The predicted octanol–water partition coefficient (Wildman–Crippen LogP) is 2.16. The zero-order chi connectivity index (χ0) is 13.8. The van der Waals surface area contributed by atoms with Gasteiger partial charge in [-0.25, -0.2) is 10.2 Å². The van der Waals surface area contributed by atoms with Gasteiger partial charge in [0.05, 0.1) is 12.0 Å². The van der Waals surface area contributed by atoms with E-state index in [1.807, 2.05) is 30.3 Å². The Hall–Kier alpha value is -1.86. The molecule has 2 rings (SSSR count). The Balaban J connectivity index is 2.18. The summed E-state index contributed by atoms with van der Waals surface area (Å²) in [6, 6.07) is 9.39. The molecule has 2 amide bonds. The largest absolute Gasteiger partial charge is 0.452 e. The predicted molar refractivity (Wildman–Crippen MR) is 77.0 cm³/mol. The second kappa shape index (κ2) is 5.85. The van der Waals surface area contributed by atoms with E-state index in [0.717, 1.165) is 22.3 Å². The van der Waals surface area contributed by atoms with Gasteiger partial charge in [0, 0.05) is 0 Å². The van der Waals surface area contributed by atoms with Gasteiger partial charge in [-0.15, -0.1) is 0 Å². The summed E-state index contributed by atoms with van der Waals surface area (Å²) in [6.45, 7) is 0. The highest BCUT2D eigenvalue weighted by atomic mass is 32.2. The molecule has 7 heteroatoms. The molecule has 1 aromatic carbocycles. The molecule has 5 nitrogen and oxygen atoms in total. The SMILES string of the molecule is COC(=O)NN1C(=O)/C(=C/c2ccccc2)SC1=S. The Kier molecular flexibility index (Phi) is 4.18. The molecule has 0 saturated carbocycles. The molecule has 1 N–H and O–H groups in total. The third-order valence-electron chi connectivity index (χ3n) is 2.28. The number of thioether (sulfide) groups is 1. The summed E-state index contributed by atoms with van der Waals surface area (Å²) in [5.74, 6) is -0.371. The first-order chi connectivity index (χ1) is 9.11. The van der Waals surface area contributed by atoms with Gasteiger partial charge in [0.1, 0.15) is 0 Å². The van der Waals surface area contributed by atoms with Crippen LogP contribution in [0.5, 0.6) is 0 Å². The lowest BCUT2D eigenvalue weighted by molar-refractivity contribution is -0.123. The third kappa shape index (κ3) is 3.12. The molecule has 0 atom stereocenters. The molecule has 0 aliphatic carbocycles. The van der Waals surface area contributed by atoms with E-state index in [9.17, 15) is 9.59 Å². The van der Waals surface area contributed by atoms with E-state index >= 15 is 0 Å². The van der Waals surface area contributed by atoms with Crippen molar-refractivity contribution in [2.75, 3.05) is 7.11 Å². The molecular formula is C12H10N2O3S2. The van der Waals surface area contributed by atoms with Crippen molar-refractivity contribution in [2.45, 2.75) is 0 Å². The number of thiocarbonyl (C=S) groups is 1. The Morgan fingerprint density at radius 2 is 2.11 bits per heavy atom. The zero-order valence-electron chi connectivity index (χ0n) is 9.95. The standard InChI is InChI=1S/C12H10N2O3S2/c1-17-11(16)13-14-10(15)9(19-12(14)18)7-8-5-3-2-4-6-8/h2-7H,1H3,(H,13,16)/b9-7-. The lowest BCUT2D eigenvalue weighted by Crippen LogP contribution is -2.44. The van der Waals surface area contributed by atoms with Crippen LogP contribution >= 0.6 is 24.0 Å². The number of carbonyl (C=O) groups is 2. The summed E-state index contributed by atoms with van der Waals surface area (Å²) < 4.78 is 4.69. The van der Waals surface area contributed by atoms with Crippen LogP contribution < -0.4 is 5.43 Å². The molecule has 1 fully saturated rings. The molecule has 0 radical (unpaired) electrons. The number of rotatable bonds is 2. The lowest BCUT2D eigenvalue weighted by Gasteiger charge is -2.13. The van der Waals surface area contributed by atoms with Crippen LogP contribution in [0.4, 0.5) is 4.79 Å². The van der Waals surface area contributed by atoms with E-state index in [1.54, 1.807) is 6.08 Å². The van der Waals surface area contributed by atoms with Crippen LogP contribution in [0.25, 0.3) is 6.08 Å². The van der Waals surface area contributed by atoms with E-state index in [1.165, 1.54) is 7.11 Å². The summed E-state index contributed by atoms with van der Waals surface area (Å²) in [5, 5.41) is 1.00. The van der Waals surface area contributed by atoms with Crippen molar-refractivity contribution in [3.63, 3.8) is 0 Å². The molecule has 0 aromatic heterocycles. The zero-order valence-corrected chi connectivity index (χ0v) is 11.6. The Bertz CT molecular complexity index is 557. The molecule has 0 spiro atoms. The maximum absolute atomic E-state index is 12.1. The van der Waals surface area contributed by atoms with Crippen molar-refractivity contribution in [2.24, 2.45) is 0 Å². The fraction of sp³-hybridized carbons (Fsp3) is 0.0833. The lowest BCUT2D eigenvalue weighted by atomic mass is 10.2. The van der Waals surface area contributed by atoms with Crippen LogP contribution in [-0.4, -0.2) is 28.4 Å². The summed E-state index contributed by atoms with van der Waals surface area (Å²) in [7, 11) is 1.22.